The fraction of sp³-hybridized carbons (Fsp3) is 0.923. The number of aliphatic imine (C=N–C) groups is 1. The second-order valence-electron chi connectivity index (χ2n) is 6.06. The first-order valence-corrected chi connectivity index (χ1v) is 6.35. The van der Waals surface area contributed by atoms with Gasteiger partial charge in [-0.15, -0.1) is 24.0 Å². The zero-order valence-electron chi connectivity index (χ0n) is 12.0. The van der Waals surface area contributed by atoms with E-state index in [1.54, 1.807) is 0 Å². The third-order valence-electron chi connectivity index (χ3n) is 2.29. The molecule has 0 aliphatic heterocycles. The van der Waals surface area contributed by atoms with Crippen LogP contribution < -0.4 is 11.1 Å². The molecular formula is C13H30IN3. The number of hydrogen-bond acceptors (Lipinski definition) is 1. The summed E-state index contributed by atoms with van der Waals surface area (Å²) in [6, 6.07) is 0. The average molecular weight is 355 g/mol. The molecule has 0 saturated carbocycles. The fourth-order valence-electron chi connectivity index (χ4n) is 1.33. The molecule has 0 atom stereocenters. The Bertz CT molecular complexity index is 207. The first kappa shape index (κ1) is 19.3. The Morgan fingerprint density at radius 3 is 2.29 bits per heavy atom. The first-order chi connectivity index (χ1) is 7.31. The second kappa shape index (κ2) is 9.97. The quantitative estimate of drug-likeness (QED) is 0.332. The van der Waals surface area contributed by atoms with Crippen LogP contribution in [0.1, 0.15) is 53.9 Å². The van der Waals surface area contributed by atoms with Crippen LogP contribution in [0.2, 0.25) is 0 Å². The number of guanidine groups is 1. The smallest absolute Gasteiger partial charge is 0.188 e. The molecule has 0 amide bonds. The van der Waals surface area contributed by atoms with Crippen LogP contribution in [0.5, 0.6) is 0 Å². The van der Waals surface area contributed by atoms with Gasteiger partial charge in [0.1, 0.15) is 0 Å². The largest absolute Gasteiger partial charge is 0.370 e. The molecule has 104 valence electrons. The van der Waals surface area contributed by atoms with Crippen LogP contribution in [0.3, 0.4) is 0 Å². The van der Waals surface area contributed by atoms with Crippen LogP contribution in [0, 0.1) is 11.3 Å². The van der Waals surface area contributed by atoms with Crippen LogP contribution in [0.25, 0.3) is 0 Å². The summed E-state index contributed by atoms with van der Waals surface area (Å²) >= 11 is 0. The molecule has 0 aliphatic carbocycles. The minimum Gasteiger partial charge on any atom is -0.370 e. The highest BCUT2D eigenvalue weighted by atomic mass is 127. The highest BCUT2D eigenvalue weighted by molar-refractivity contribution is 14.0. The van der Waals surface area contributed by atoms with E-state index >= 15 is 0 Å². The van der Waals surface area contributed by atoms with Crippen molar-refractivity contribution in [2.75, 3.05) is 13.1 Å². The van der Waals surface area contributed by atoms with Crippen molar-refractivity contribution in [3.05, 3.63) is 0 Å². The van der Waals surface area contributed by atoms with Gasteiger partial charge in [-0.05, 0) is 24.2 Å². The molecule has 0 rings (SSSR count). The number of hydrogen-bond donors (Lipinski definition) is 2. The molecule has 0 aromatic rings. The molecule has 0 aromatic heterocycles. The molecule has 0 fully saturated rings. The number of unbranched alkanes of at least 4 members (excludes halogenated alkanes) is 1. The molecule has 0 aromatic carbocycles. The van der Waals surface area contributed by atoms with Crippen LogP contribution in [0.15, 0.2) is 4.99 Å². The monoisotopic (exact) mass is 355 g/mol. The minimum absolute atomic E-state index is 0. The third-order valence-corrected chi connectivity index (χ3v) is 2.29. The minimum atomic E-state index is 0. The predicted molar refractivity (Wildman–Crippen MR) is 88.1 cm³/mol. The summed E-state index contributed by atoms with van der Waals surface area (Å²) in [6.45, 7) is 12.8. The molecule has 0 aliphatic rings. The van der Waals surface area contributed by atoms with Crippen molar-refractivity contribution in [1.82, 2.24) is 5.32 Å². The molecule has 17 heavy (non-hydrogen) atoms. The van der Waals surface area contributed by atoms with Gasteiger partial charge in [0.15, 0.2) is 5.96 Å². The second-order valence-corrected chi connectivity index (χ2v) is 6.06. The van der Waals surface area contributed by atoms with Gasteiger partial charge in [0, 0.05) is 13.1 Å². The zero-order chi connectivity index (χ0) is 12.6. The maximum Gasteiger partial charge on any atom is 0.188 e. The van der Waals surface area contributed by atoms with Crippen molar-refractivity contribution in [2.45, 2.75) is 53.9 Å². The van der Waals surface area contributed by atoms with Gasteiger partial charge in [0.05, 0.1) is 0 Å². The Hall–Kier alpha value is 0. The predicted octanol–water partition coefficient (Wildman–Crippen LogP) is 3.38. The van der Waals surface area contributed by atoms with E-state index in [0.29, 0.717) is 17.3 Å². The van der Waals surface area contributed by atoms with Crippen molar-refractivity contribution in [2.24, 2.45) is 22.1 Å². The lowest BCUT2D eigenvalue weighted by molar-refractivity contribution is 0.360. The molecule has 0 bridgehead atoms. The Kier molecular flexibility index (Phi) is 11.3. The number of rotatable bonds is 6. The van der Waals surface area contributed by atoms with Crippen LogP contribution in [0.4, 0.5) is 0 Å². The molecule has 0 radical (unpaired) electrons. The summed E-state index contributed by atoms with van der Waals surface area (Å²) in [5.41, 5.74) is 6.17. The molecule has 4 heteroatoms. The van der Waals surface area contributed by atoms with Gasteiger partial charge in [-0.1, -0.05) is 41.0 Å². The number of halogens is 1. The number of nitrogens with two attached hydrogens (primary N) is 1. The van der Waals surface area contributed by atoms with E-state index in [1.807, 2.05) is 0 Å². The van der Waals surface area contributed by atoms with Gasteiger partial charge in [-0.2, -0.15) is 0 Å². The van der Waals surface area contributed by atoms with Gasteiger partial charge < -0.3 is 11.1 Å². The lowest BCUT2D eigenvalue weighted by Crippen LogP contribution is -2.32. The maximum atomic E-state index is 5.73. The van der Waals surface area contributed by atoms with Gasteiger partial charge in [-0.3, -0.25) is 4.99 Å². The third kappa shape index (κ3) is 16.0. The maximum absolute atomic E-state index is 5.73. The summed E-state index contributed by atoms with van der Waals surface area (Å²) < 4.78 is 0. The lowest BCUT2D eigenvalue weighted by atomic mass is 9.90. The van der Waals surface area contributed by atoms with Gasteiger partial charge in [-0.25, -0.2) is 0 Å². The molecule has 3 nitrogen and oxygen atoms in total. The summed E-state index contributed by atoms with van der Waals surface area (Å²) in [4.78, 5) is 4.25. The summed E-state index contributed by atoms with van der Waals surface area (Å²) in [7, 11) is 0. The normalized spacial score (nSPS) is 12.5. The van der Waals surface area contributed by atoms with Gasteiger partial charge >= 0.3 is 0 Å². The molecule has 0 heterocycles. The SMILES string of the molecule is CC(C)CN=C(N)NCCCCC(C)(C)C.I. The van der Waals surface area contributed by atoms with E-state index in [4.69, 9.17) is 5.73 Å². The Morgan fingerprint density at radius 2 is 1.82 bits per heavy atom. The highest BCUT2D eigenvalue weighted by Crippen LogP contribution is 2.20. The van der Waals surface area contributed by atoms with E-state index in [2.05, 4.69) is 44.9 Å². The van der Waals surface area contributed by atoms with Gasteiger partial charge in [0.2, 0.25) is 0 Å². The van der Waals surface area contributed by atoms with Crippen molar-refractivity contribution >= 4 is 29.9 Å². The summed E-state index contributed by atoms with van der Waals surface area (Å²) in [6.07, 6.45) is 3.67. The molecule has 0 spiro atoms. The summed E-state index contributed by atoms with van der Waals surface area (Å²) in [5.74, 6) is 1.16. The molecular weight excluding hydrogens is 325 g/mol. The Morgan fingerprint density at radius 1 is 1.24 bits per heavy atom. The zero-order valence-corrected chi connectivity index (χ0v) is 14.4. The van der Waals surface area contributed by atoms with Crippen molar-refractivity contribution in [3.8, 4) is 0 Å². The topological polar surface area (TPSA) is 50.4 Å². The van der Waals surface area contributed by atoms with Crippen molar-refractivity contribution in [3.63, 3.8) is 0 Å². The van der Waals surface area contributed by atoms with E-state index in [1.165, 1.54) is 12.8 Å². The highest BCUT2D eigenvalue weighted by Gasteiger charge is 2.08. The van der Waals surface area contributed by atoms with Crippen LogP contribution in [-0.2, 0) is 0 Å². The fourth-order valence-corrected chi connectivity index (χ4v) is 1.33. The molecule has 0 unspecified atom stereocenters. The molecule has 0 saturated heterocycles. The van der Waals surface area contributed by atoms with E-state index in [9.17, 15) is 0 Å². The molecule has 3 N–H and O–H groups in total. The van der Waals surface area contributed by atoms with E-state index < -0.39 is 0 Å². The van der Waals surface area contributed by atoms with E-state index in [-0.39, 0.29) is 24.0 Å². The van der Waals surface area contributed by atoms with Crippen LogP contribution in [-0.4, -0.2) is 19.0 Å². The Labute approximate surface area is 124 Å². The van der Waals surface area contributed by atoms with Gasteiger partial charge in [0.25, 0.3) is 0 Å². The van der Waals surface area contributed by atoms with Crippen molar-refractivity contribution < 1.29 is 0 Å². The average Bonchev–Trinajstić information content (AvgIpc) is 2.12. The first-order valence-electron chi connectivity index (χ1n) is 6.35. The van der Waals surface area contributed by atoms with E-state index in [0.717, 1.165) is 19.5 Å². The summed E-state index contributed by atoms with van der Waals surface area (Å²) in [5, 5.41) is 3.15. The van der Waals surface area contributed by atoms with Crippen molar-refractivity contribution in [1.29, 1.82) is 0 Å². The van der Waals surface area contributed by atoms with Crippen LogP contribution >= 0.6 is 24.0 Å². The Balaban J connectivity index is 0. The standard InChI is InChI=1S/C13H29N3.HI/c1-11(2)10-16-12(14)15-9-7-6-8-13(3,4)5;/h11H,6-10H2,1-5H3,(H3,14,15,16);1H. The number of nitrogens with one attached hydrogen (secondary N) is 1. The number of nitrogens with zero attached hydrogens (tertiary/aromatic N) is 1. The lowest BCUT2D eigenvalue weighted by Gasteiger charge is -2.17.